The molecule has 17 heavy (non-hydrogen) atoms. The van der Waals surface area contributed by atoms with Crippen LogP contribution in [0.25, 0.3) is 0 Å². The van der Waals surface area contributed by atoms with Gasteiger partial charge in [-0.15, -0.1) is 11.8 Å². The number of nitrogens with zero attached hydrogens (tertiary/aromatic N) is 1. The van der Waals surface area contributed by atoms with Crippen molar-refractivity contribution in [2.45, 2.75) is 13.8 Å². The second kappa shape index (κ2) is 9.19. The van der Waals surface area contributed by atoms with Crippen LogP contribution in [-0.2, 0) is 4.79 Å². The summed E-state index contributed by atoms with van der Waals surface area (Å²) in [5.74, 6) is 0.485. The lowest BCUT2D eigenvalue weighted by Gasteiger charge is -2.09. The molecular weight excluding hydrogens is 250 g/mol. The normalized spacial score (nSPS) is 8.94. The van der Waals surface area contributed by atoms with E-state index in [1.54, 1.807) is 19.0 Å². The first-order valence-corrected chi connectivity index (χ1v) is 6.93. The Bertz CT molecular complexity index is 350. The Hall–Kier alpha value is -0.870. The molecule has 1 aromatic rings. The van der Waals surface area contributed by atoms with Crippen molar-refractivity contribution in [2.75, 3.05) is 19.8 Å². The van der Waals surface area contributed by atoms with E-state index in [1.807, 2.05) is 44.2 Å². The van der Waals surface area contributed by atoms with E-state index in [4.69, 9.17) is 12.2 Å². The highest BCUT2D eigenvalue weighted by Crippen LogP contribution is 2.13. The number of amides is 1. The Morgan fingerprint density at radius 3 is 2.24 bits per heavy atom. The number of hydrogen-bond acceptors (Lipinski definition) is 3. The molecule has 94 valence electrons. The van der Waals surface area contributed by atoms with E-state index in [0.29, 0.717) is 5.75 Å². The van der Waals surface area contributed by atoms with Crippen LogP contribution in [0.2, 0.25) is 0 Å². The molecular formula is C13H19NOS2. The van der Waals surface area contributed by atoms with Crippen molar-refractivity contribution in [1.29, 1.82) is 0 Å². The number of thioether (sulfide) groups is 1. The summed E-state index contributed by atoms with van der Waals surface area (Å²) in [5, 5.41) is 0. The molecule has 0 aliphatic carbocycles. The van der Waals surface area contributed by atoms with Crippen molar-refractivity contribution in [3.8, 4) is 0 Å². The first-order chi connectivity index (χ1) is 8.11. The summed E-state index contributed by atoms with van der Waals surface area (Å²) in [4.78, 5) is 12.9. The van der Waals surface area contributed by atoms with Gasteiger partial charge in [-0.2, -0.15) is 0 Å². The molecule has 1 amide bonds. The number of carbonyl (C=O) groups excluding carboxylic acids is 1. The van der Waals surface area contributed by atoms with E-state index in [9.17, 15) is 4.79 Å². The summed E-state index contributed by atoms with van der Waals surface area (Å²) in [7, 11) is 3.49. The van der Waals surface area contributed by atoms with Crippen LogP contribution in [0.1, 0.15) is 19.4 Å². The lowest BCUT2D eigenvalue weighted by atomic mass is 10.2. The number of carbonyl (C=O) groups is 1. The average molecular weight is 269 g/mol. The molecule has 0 saturated carbocycles. The maximum atomic E-state index is 11.3. The van der Waals surface area contributed by atoms with Crippen LogP contribution in [0.3, 0.4) is 0 Å². The van der Waals surface area contributed by atoms with Crippen molar-refractivity contribution in [3.63, 3.8) is 0 Å². The molecule has 0 unspecified atom stereocenters. The molecule has 4 heteroatoms. The van der Waals surface area contributed by atoms with Crippen molar-refractivity contribution in [1.82, 2.24) is 4.90 Å². The Morgan fingerprint density at radius 1 is 1.24 bits per heavy atom. The molecule has 0 N–H and O–H groups in total. The zero-order chi connectivity index (χ0) is 13.3. The predicted octanol–water partition coefficient (Wildman–Crippen LogP) is 3.21. The number of thiocarbonyl (C=S) groups is 1. The predicted molar refractivity (Wildman–Crippen MR) is 80.6 cm³/mol. The zero-order valence-corrected chi connectivity index (χ0v) is 12.4. The third-order valence-corrected chi connectivity index (χ3v) is 3.31. The van der Waals surface area contributed by atoms with Gasteiger partial charge in [-0.25, -0.2) is 0 Å². The van der Waals surface area contributed by atoms with Crippen molar-refractivity contribution >= 4 is 34.1 Å². The van der Waals surface area contributed by atoms with Crippen LogP contribution in [0, 0.1) is 0 Å². The van der Waals surface area contributed by atoms with Crippen molar-refractivity contribution in [3.05, 3.63) is 35.9 Å². The number of rotatable bonds is 3. The van der Waals surface area contributed by atoms with Gasteiger partial charge in [0.2, 0.25) is 5.91 Å². The van der Waals surface area contributed by atoms with Gasteiger partial charge in [0.05, 0.1) is 9.95 Å². The lowest BCUT2D eigenvalue weighted by Crippen LogP contribution is -2.24. The van der Waals surface area contributed by atoms with Gasteiger partial charge in [0.1, 0.15) is 0 Å². The monoisotopic (exact) mass is 269 g/mol. The fourth-order valence-electron chi connectivity index (χ4n) is 0.914. The first-order valence-electron chi connectivity index (χ1n) is 5.53. The minimum absolute atomic E-state index is 0.0817. The van der Waals surface area contributed by atoms with Gasteiger partial charge in [-0.05, 0) is 5.56 Å². The summed E-state index contributed by atoms with van der Waals surface area (Å²) in [6.07, 6.45) is 0. The molecule has 0 bridgehead atoms. The Morgan fingerprint density at radius 2 is 1.76 bits per heavy atom. The average Bonchev–Trinajstić information content (AvgIpc) is 2.38. The second-order valence-corrected chi connectivity index (χ2v) is 4.88. The number of benzene rings is 1. The van der Waals surface area contributed by atoms with Gasteiger partial charge >= 0.3 is 0 Å². The molecule has 0 saturated heterocycles. The molecule has 0 radical (unpaired) electrons. The Labute approximate surface area is 113 Å². The standard InChI is InChI=1S/C11H13NOS2.C2H6/c1-12(2)10(13)8-15-11(14)9-6-4-3-5-7-9;1-2/h3-7H,8H2,1-2H3;1-2H3. The van der Waals surface area contributed by atoms with E-state index < -0.39 is 0 Å². The fourth-order valence-corrected chi connectivity index (χ4v) is 2.04. The summed E-state index contributed by atoms with van der Waals surface area (Å²) in [6, 6.07) is 9.73. The molecule has 0 aliphatic rings. The molecule has 0 heterocycles. The third-order valence-electron chi connectivity index (χ3n) is 1.84. The molecule has 0 aromatic heterocycles. The van der Waals surface area contributed by atoms with E-state index in [-0.39, 0.29) is 5.91 Å². The van der Waals surface area contributed by atoms with Crippen molar-refractivity contribution < 1.29 is 4.79 Å². The highest BCUT2D eigenvalue weighted by atomic mass is 32.2. The van der Waals surface area contributed by atoms with Crippen LogP contribution in [0.15, 0.2) is 30.3 Å². The molecule has 0 aliphatic heterocycles. The molecule has 0 spiro atoms. The quantitative estimate of drug-likeness (QED) is 0.786. The fraction of sp³-hybridized carbons (Fsp3) is 0.385. The highest BCUT2D eigenvalue weighted by molar-refractivity contribution is 8.24. The van der Waals surface area contributed by atoms with Crippen LogP contribution in [-0.4, -0.2) is 34.9 Å². The maximum Gasteiger partial charge on any atom is 0.232 e. The maximum absolute atomic E-state index is 11.3. The van der Waals surface area contributed by atoms with Crippen LogP contribution < -0.4 is 0 Å². The van der Waals surface area contributed by atoms with Gasteiger partial charge < -0.3 is 4.90 Å². The lowest BCUT2D eigenvalue weighted by molar-refractivity contribution is -0.125. The third kappa shape index (κ3) is 6.44. The Balaban J connectivity index is 0.00000121. The summed E-state index contributed by atoms with van der Waals surface area (Å²) < 4.78 is 0.769. The minimum Gasteiger partial charge on any atom is -0.348 e. The molecule has 0 fully saturated rings. The summed E-state index contributed by atoms with van der Waals surface area (Å²) in [6.45, 7) is 4.00. The van der Waals surface area contributed by atoms with E-state index >= 15 is 0 Å². The largest absolute Gasteiger partial charge is 0.348 e. The van der Waals surface area contributed by atoms with Crippen LogP contribution in [0.5, 0.6) is 0 Å². The van der Waals surface area contributed by atoms with Gasteiger partial charge in [0, 0.05) is 14.1 Å². The van der Waals surface area contributed by atoms with E-state index in [1.165, 1.54) is 11.8 Å². The first kappa shape index (κ1) is 16.1. The zero-order valence-electron chi connectivity index (χ0n) is 10.8. The number of hydrogen-bond donors (Lipinski definition) is 0. The highest BCUT2D eigenvalue weighted by Gasteiger charge is 2.07. The molecule has 1 aromatic carbocycles. The molecule has 1 rings (SSSR count). The van der Waals surface area contributed by atoms with Crippen molar-refractivity contribution in [2.24, 2.45) is 0 Å². The van der Waals surface area contributed by atoms with Crippen LogP contribution in [0.4, 0.5) is 0 Å². The summed E-state index contributed by atoms with van der Waals surface area (Å²) in [5.41, 5.74) is 1.00. The topological polar surface area (TPSA) is 20.3 Å². The minimum atomic E-state index is 0.0817. The molecule has 0 atom stereocenters. The SMILES string of the molecule is CC.CN(C)C(=O)CSC(=S)c1ccccc1. The van der Waals surface area contributed by atoms with E-state index in [2.05, 4.69) is 0 Å². The Kier molecular flexibility index (Phi) is 8.72. The second-order valence-electron chi connectivity index (χ2n) is 3.23. The molecule has 2 nitrogen and oxygen atoms in total. The summed E-state index contributed by atoms with van der Waals surface area (Å²) >= 11 is 6.62. The van der Waals surface area contributed by atoms with Gasteiger partial charge in [0.25, 0.3) is 0 Å². The van der Waals surface area contributed by atoms with Gasteiger partial charge in [-0.3, -0.25) is 4.79 Å². The van der Waals surface area contributed by atoms with E-state index in [0.717, 1.165) is 9.76 Å². The smallest absolute Gasteiger partial charge is 0.232 e. The van der Waals surface area contributed by atoms with Gasteiger partial charge in [-0.1, -0.05) is 56.4 Å². The van der Waals surface area contributed by atoms with Crippen LogP contribution >= 0.6 is 24.0 Å². The van der Waals surface area contributed by atoms with Gasteiger partial charge in [0.15, 0.2) is 0 Å².